The van der Waals surface area contributed by atoms with E-state index in [1.54, 1.807) is 0 Å². The van der Waals surface area contributed by atoms with E-state index in [-0.39, 0.29) is 5.54 Å². The number of pyridine rings is 1. The average molecular weight is 285 g/mol. The Kier molecular flexibility index (Phi) is 3.36. The largest absolute Gasteiger partial charge is 0.433 e. The lowest BCUT2D eigenvalue weighted by atomic mass is 9.94. The Hall–Kier alpha value is -1.30. The lowest BCUT2D eigenvalue weighted by Crippen LogP contribution is -2.59. The van der Waals surface area contributed by atoms with Crippen molar-refractivity contribution in [2.75, 3.05) is 24.5 Å². The Bertz CT molecular complexity index is 464. The maximum absolute atomic E-state index is 12.5. The Morgan fingerprint density at radius 1 is 1.20 bits per heavy atom. The maximum atomic E-state index is 12.5. The molecule has 2 aliphatic rings. The SMILES string of the molecule is FC(F)(F)c1ccc(N2CCNC3(CCCC3)C2)cn1. The summed E-state index contributed by atoms with van der Waals surface area (Å²) in [6.07, 6.45) is 1.73. The van der Waals surface area contributed by atoms with Gasteiger partial charge in [0.1, 0.15) is 5.69 Å². The van der Waals surface area contributed by atoms with Crippen LogP contribution in [0.5, 0.6) is 0 Å². The highest BCUT2D eigenvalue weighted by Gasteiger charge is 2.38. The molecule has 1 aromatic heterocycles. The smallest absolute Gasteiger partial charge is 0.367 e. The molecule has 1 N–H and O–H groups in total. The third-order valence-corrected chi connectivity index (χ3v) is 4.34. The van der Waals surface area contributed by atoms with E-state index < -0.39 is 11.9 Å². The van der Waals surface area contributed by atoms with Crippen LogP contribution in [0.2, 0.25) is 0 Å². The molecule has 6 heteroatoms. The van der Waals surface area contributed by atoms with E-state index in [0.29, 0.717) is 0 Å². The number of alkyl halides is 3. The summed E-state index contributed by atoms with van der Waals surface area (Å²) >= 11 is 0. The van der Waals surface area contributed by atoms with Crippen molar-refractivity contribution in [2.45, 2.75) is 37.4 Å². The van der Waals surface area contributed by atoms with Gasteiger partial charge in [0.2, 0.25) is 0 Å². The number of hydrogen-bond acceptors (Lipinski definition) is 3. The molecule has 1 aromatic rings. The summed E-state index contributed by atoms with van der Waals surface area (Å²) in [4.78, 5) is 5.70. The number of aromatic nitrogens is 1. The van der Waals surface area contributed by atoms with Crippen LogP contribution < -0.4 is 10.2 Å². The highest BCUT2D eigenvalue weighted by molar-refractivity contribution is 5.46. The molecule has 0 radical (unpaired) electrons. The van der Waals surface area contributed by atoms with Crippen molar-refractivity contribution in [1.29, 1.82) is 0 Å². The number of nitrogens with zero attached hydrogens (tertiary/aromatic N) is 2. The summed E-state index contributed by atoms with van der Waals surface area (Å²) in [6.45, 7) is 2.55. The molecule has 1 saturated heterocycles. The van der Waals surface area contributed by atoms with E-state index in [9.17, 15) is 13.2 Å². The van der Waals surface area contributed by atoms with Crippen molar-refractivity contribution in [2.24, 2.45) is 0 Å². The third kappa shape index (κ3) is 2.61. The summed E-state index contributed by atoms with van der Waals surface area (Å²) in [5.41, 5.74) is 0.110. The summed E-state index contributed by atoms with van der Waals surface area (Å²) in [5.74, 6) is 0. The third-order valence-electron chi connectivity index (χ3n) is 4.34. The van der Waals surface area contributed by atoms with Crippen LogP contribution in [0.25, 0.3) is 0 Å². The van der Waals surface area contributed by atoms with Crippen molar-refractivity contribution in [3.05, 3.63) is 24.0 Å². The number of halogens is 3. The first-order valence-corrected chi connectivity index (χ1v) is 7.02. The van der Waals surface area contributed by atoms with Gasteiger partial charge in [-0.3, -0.25) is 0 Å². The maximum Gasteiger partial charge on any atom is 0.433 e. The van der Waals surface area contributed by atoms with Gasteiger partial charge in [-0.05, 0) is 25.0 Å². The minimum Gasteiger partial charge on any atom is -0.367 e. The molecule has 1 saturated carbocycles. The van der Waals surface area contributed by atoms with E-state index >= 15 is 0 Å². The van der Waals surface area contributed by atoms with E-state index in [1.165, 1.54) is 25.1 Å². The van der Waals surface area contributed by atoms with E-state index in [2.05, 4.69) is 15.2 Å². The van der Waals surface area contributed by atoms with Gasteiger partial charge in [0.05, 0.1) is 11.9 Å². The Balaban J connectivity index is 1.75. The molecule has 0 bridgehead atoms. The molecule has 0 amide bonds. The fraction of sp³-hybridized carbons (Fsp3) is 0.643. The van der Waals surface area contributed by atoms with Crippen LogP contribution >= 0.6 is 0 Å². The zero-order valence-corrected chi connectivity index (χ0v) is 11.2. The van der Waals surface area contributed by atoms with Gasteiger partial charge >= 0.3 is 6.18 Å². The summed E-state index contributed by atoms with van der Waals surface area (Å²) in [6, 6.07) is 2.60. The van der Waals surface area contributed by atoms with Crippen LogP contribution in [0.15, 0.2) is 18.3 Å². The van der Waals surface area contributed by atoms with E-state index in [0.717, 1.165) is 44.2 Å². The number of piperazine rings is 1. The average Bonchev–Trinajstić information content (AvgIpc) is 2.86. The number of hydrogen-bond donors (Lipinski definition) is 1. The number of rotatable bonds is 1. The zero-order valence-electron chi connectivity index (χ0n) is 11.2. The molecule has 2 heterocycles. The molecule has 1 aliphatic carbocycles. The Morgan fingerprint density at radius 3 is 2.55 bits per heavy atom. The van der Waals surface area contributed by atoms with Crippen molar-refractivity contribution >= 4 is 5.69 Å². The highest BCUT2D eigenvalue weighted by atomic mass is 19.4. The molecule has 0 aromatic carbocycles. The zero-order chi connectivity index (χ0) is 14.2. The van der Waals surface area contributed by atoms with Crippen molar-refractivity contribution < 1.29 is 13.2 Å². The van der Waals surface area contributed by atoms with Gasteiger partial charge < -0.3 is 10.2 Å². The van der Waals surface area contributed by atoms with Gasteiger partial charge in [-0.2, -0.15) is 13.2 Å². The molecular formula is C14H18F3N3. The van der Waals surface area contributed by atoms with Gasteiger partial charge in [0.15, 0.2) is 0 Å². The van der Waals surface area contributed by atoms with E-state index in [1.807, 2.05) is 0 Å². The van der Waals surface area contributed by atoms with Crippen LogP contribution in [-0.2, 0) is 6.18 Å². The number of anilines is 1. The monoisotopic (exact) mass is 285 g/mol. The van der Waals surface area contributed by atoms with Crippen LogP contribution in [0, 0.1) is 0 Å². The van der Waals surface area contributed by atoms with Gasteiger partial charge in [-0.15, -0.1) is 0 Å². The van der Waals surface area contributed by atoms with E-state index in [4.69, 9.17) is 0 Å². The molecule has 0 atom stereocenters. The second kappa shape index (κ2) is 4.91. The van der Waals surface area contributed by atoms with Crippen LogP contribution in [-0.4, -0.2) is 30.2 Å². The molecule has 2 fully saturated rings. The molecule has 1 spiro atoms. The van der Waals surface area contributed by atoms with Crippen LogP contribution in [0.4, 0.5) is 18.9 Å². The molecule has 3 rings (SSSR count). The van der Waals surface area contributed by atoms with Gasteiger partial charge in [-0.1, -0.05) is 12.8 Å². The Morgan fingerprint density at radius 2 is 1.95 bits per heavy atom. The minimum atomic E-state index is -4.37. The second-order valence-electron chi connectivity index (χ2n) is 5.74. The van der Waals surface area contributed by atoms with Gasteiger partial charge in [0, 0.05) is 25.2 Å². The molecule has 3 nitrogen and oxygen atoms in total. The normalized spacial score (nSPS) is 22.4. The lowest BCUT2D eigenvalue weighted by molar-refractivity contribution is -0.141. The molecule has 0 unspecified atom stereocenters. The predicted octanol–water partition coefficient (Wildman–Crippen LogP) is 2.82. The second-order valence-corrected chi connectivity index (χ2v) is 5.74. The fourth-order valence-electron chi connectivity index (χ4n) is 3.30. The summed E-state index contributed by atoms with van der Waals surface area (Å²) in [7, 11) is 0. The quantitative estimate of drug-likeness (QED) is 0.860. The standard InChI is InChI=1S/C14H18F3N3/c15-14(16,17)12-4-3-11(9-18-12)20-8-7-19-13(10-20)5-1-2-6-13/h3-4,9,19H,1-2,5-8,10H2. The lowest BCUT2D eigenvalue weighted by Gasteiger charge is -2.42. The van der Waals surface area contributed by atoms with Crippen molar-refractivity contribution in [3.8, 4) is 0 Å². The first-order chi connectivity index (χ1) is 9.49. The predicted molar refractivity (Wildman–Crippen MR) is 70.7 cm³/mol. The van der Waals surface area contributed by atoms with Gasteiger partial charge in [0.25, 0.3) is 0 Å². The van der Waals surface area contributed by atoms with Crippen LogP contribution in [0.3, 0.4) is 0 Å². The molecular weight excluding hydrogens is 267 g/mol. The fourth-order valence-corrected chi connectivity index (χ4v) is 3.30. The molecule has 110 valence electrons. The molecule has 1 aliphatic heterocycles. The first kappa shape index (κ1) is 13.7. The van der Waals surface area contributed by atoms with Gasteiger partial charge in [-0.25, -0.2) is 4.98 Å². The summed E-state index contributed by atoms with van der Waals surface area (Å²) in [5, 5.41) is 3.59. The molecule has 20 heavy (non-hydrogen) atoms. The number of nitrogens with one attached hydrogen (secondary N) is 1. The highest BCUT2D eigenvalue weighted by Crippen LogP contribution is 2.34. The van der Waals surface area contributed by atoms with Crippen molar-refractivity contribution in [1.82, 2.24) is 10.3 Å². The first-order valence-electron chi connectivity index (χ1n) is 7.02. The topological polar surface area (TPSA) is 28.2 Å². The van der Waals surface area contributed by atoms with Crippen LogP contribution in [0.1, 0.15) is 31.4 Å². The van der Waals surface area contributed by atoms with Crippen molar-refractivity contribution in [3.63, 3.8) is 0 Å². The summed E-state index contributed by atoms with van der Waals surface area (Å²) < 4.78 is 37.5. The minimum absolute atomic E-state index is 0.154. The Labute approximate surface area is 116 Å².